The number of phenolic OH excluding ortho intramolecular Hbond substituents is 1. The summed E-state index contributed by atoms with van der Waals surface area (Å²) in [4.78, 5) is 11.8. The molecule has 2 N–H and O–H groups in total. The van der Waals surface area contributed by atoms with Crippen LogP contribution in [0.4, 0.5) is 5.69 Å². The number of hydrogen-bond donors (Lipinski definition) is 2. The summed E-state index contributed by atoms with van der Waals surface area (Å²) in [6.45, 7) is 0. The largest absolute Gasteiger partial charge is 0.506 e. The molecule has 0 aliphatic rings. The van der Waals surface area contributed by atoms with Gasteiger partial charge in [0.1, 0.15) is 5.75 Å². The van der Waals surface area contributed by atoms with Crippen LogP contribution >= 0.6 is 47.8 Å². The molecule has 0 fully saturated rings. The maximum Gasteiger partial charge on any atom is 0.291 e. The molecule has 0 bridgehead atoms. The van der Waals surface area contributed by atoms with Crippen molar-refractivity contribution in [3.8, 4) is 5.75 Å². The Balaban J connectivity index is 2.22. The van der Waals surface area contributed by atoms with Crippen molar-refractivity contribution >= 4 is 59.4 Å². The van der Waals surface area contributed by atoms with Gasteiger partial charge in [0.15, 0.2) is 10.4 Å². The number of anilines is 1. The predicted molar refractivity (Wildman–Crippen MR) is 77.9 cm³/mol. The summed E-state index contributed by atoms with van der Waals surface area (Å²) in [5.41, 5.74) is 0.532. The van der Waals surface area contributed by atoms with Gasteiger partial charge in [-0.15, -0.1) is 0 Å². The van der Waals surface area contributed by atoms with Gasteiger partial charge in [0.25, 0.3) is 5.91 Å². The van der Waals surface area contributed by atoms with E-state index in [1.54, 1.807) is 24.3 Å². The Morgan fingerprint density at radius 2 is 1.78 bits per heavy atom. The molecule has 0 unspecified atom stereocenters. The second-order valence-electron chi connectivity index (χ2n) is 3.35. The number of aromatic hydroxyl groups is 1. The molecule has 0 radical (unpaired) electrons. The number of carbonyl (C=O) groups is 1. The van der Waals surface area contributed by atoms with Crippen molar-refractivity contribution < 1.29 is 14.3 Å². The first kappa shape index (κ1) is 13.6. The van der Waals surface area contributed by atoms with Crippen LogP contribution in [-0.4, -0.2) is 11.0 Å². The first-order valence-electron chi connectivity index (χ1n) is 4.72. The fraction of sp³-hybridized carbons (Fsp3) is 0. The van der Waals surface area contributed by atoms with E-state index in [0.717, 1.165) is 0 Å². The smallest absolute Gasteiger partial charge is 0.291 e. The summed E-state index contributed by atoms with van der Waals surface area (Å²) < 4.78 is 6.58. The number of benzene rings is 1. The Kier molecular flexibility index (Phi) is 4.14. The lowest BCUT2D eigenvalue weighted by molar-refractivity contribution is 0.0995. The Morgan fingerprint density at radius 1 is 1.17 bits per heavy atom. The van der Waals surface area contributed by atoms with E-state index in [-0.39, 0.29) is 17.4 Å². The van der Waals surface area contributed by atoms with Crippen LogP contribution in [-0.2, 0) is 0 Å². The number of halogens is 3. The number of rotatable bonds is 2. The highest BCUT2D eigenvalue weighted by Gasteiger charge is 2.12. The van der Waals surface area contributed by atoms with Crippen molar-refractivity contribution in [1.82, 2.24) is 0 Å². The second-order valence-corrected chi connectivity index (χ2v) is 5.84. The Morgan fingerprint density at radius 3 is 2.28 bits per heavy atom. The van der Waals surface area contributed by atoms with E-state index in [1.807, 2.05) is 0 Å². The van der Waals surface area contributed by atoms with Crippen molar-refractivity contribution in [2.75, 3.05) is 5.32 Å². The van der Waals surface area contributed by atoms with Crippen LogP contribution in [0.15, 0.2) is 42.3 Å². The molecular formula is C11H6Br3NO3. The summed E-state index contributed by atoms with van der Waals surface area (Å²) in [5.74, 6) is -0.0962. The molecule has 2 aromatic rings. The standard InChI is InChI=1S/C11H6Br3NO3/c12-6-3-5(4-7(13)10(6)16)15-11(17)8-1-2-9(14)18-8/h1-4,16H,(H,15,17). The Hall–Kier alpha value is -0.790. The average Bonchev–Trinajstić information content (AvgIpc) is 2.72. The summed E-state index contributed by atoms with van der Waals surface area (Å²) >= 11 is 9.49. The highest BCUT2D eigenvalue weighted by molar-refractivity contribution is 9.11. The molecule has 4 nitrogen and oxygen atoms in total. The van der Waals surface area contributed by atoms with Gasteiger partial charge in [-0.2, -0.15) is 0 Å². The highest BCUT2D eigenvalue weighted by atomic mass is 79.9. The quantitative estimate of drug-likeness (QED) is 0.676. The van der Waals surface area contributed by atoms with E-state index in [9.17, 15) is 9.90 Å². The fourth-order valence-electron chi connectivity index (χ4n) is 1.27. The highest BCUT2D eigenvalue weighted by Crippen LogP contribution is 2.35. The number of hydrogen-bond acceptors (Lipinski definition) is 3. The molecule has 0 atom stereocenters. The third-order valence-electron chi connectivity index (χ3n) is 2.07. The lowest BCUT2D eigenvalue weighted by Gasteiger charge is -2.06. The Labute approximate surface area is 128 Å². The van der Waals surface area contributed by atoms with Gasteiger partial charge in [-0.3, -0.25) is 4.79 Å². The molecule has 7 heteroatoms. The molecule has 0 saturated carbocycles. The summed E-state index contributed by atoms with van der Waals surface area (Å²) in [5, 5.41) is 12.2. The molecule has 1 amide bonds. The van der Waals surface area contributed by atoms with Crippen LogP contribution in [0.3, 0.4) is 0 Å². The van der Waals surface area contributed by atoms with Gasteiger partial charge in [-0.25, -0.2) is 0 Å². The van der Waals surface area contributed by atoms with E-state index < -0.39 is 0 Å². The van der Waals surface area contributed by atoms with Crippen LogP contribution in [0.25, 0.3) is 0 Å². The zero-order chi connectivity index (χ0) is 13.3. The topological polar surface area (TPSA) is 62.5 Å². The van der Waals surface area contributed by atoms with Gasteiger partial charge in [0.2, 0.25) is 0 Å². The number of carbonyl (C=O) groups excluding carboxylic acids is 1. The zero-order valence-corrected chi connectivity index (χ0v) is 13.5. The van der Waals surface area contributed by atoms with Gasteiger partial charge in [-0.1, -0.05) is 0 Å². The monoisotopic (exact) mass is 437 g/mol. The number of amides is 1. The van der Waals surface area contributed by atoms with Crippen LogP contribution in [0, 0.1) is 0 Å². The molecule has 2 rings (SSSR count). The fourth-order valence-corrected chi connectivity index (χ4v) is 2.76. The van der Waals surface area contributed by atoms with Crippen LogP contribution < -0.4 is 5.32 Å². The van der Waals surface area contributed by atoms with Crippen LogP contribution in [0.2, 0.25) is 0 Å². The molecule has 0 spiro atoms. The van der Waals surface area contributed by atoms with Gasteiger partial charge < -0.3 is 14.8 Å². The molecule has 1 heterocycles. The SMILES string of the molecule is O=C(Nc1cc(Br)c(O)c(Br)c1)c1ccc(Br)o1. The summed E-state index contributed by atoms with van der Waals surface area (Å²) in [6.07, 6.45) is 0. The predicted octanol–water partition coefficient (Wildman–Crippen LogP) is 4.53. The van der Waals surface area contributed by atoms with Gasteiger partial charge >= 0.3 is 0 Å². The minimum absolute atomic E-state index is 0.0775. The maximum absolute atomic E-state index is 11.8. The first-order chi connectivity index (χ1) is 8.47. The van der Waals surface area contributed by atoms with E-state index in [4.69, 9.17) is 4.42 Å². The van der Waals surface area contributed by atoms with E-state index >= 15 is 0 Å². The third kappa shape index (κ3) is 2.96. The molecular weight excluding hydrogens is 434 g/mol. The molecule has 0 aliphatic carbocycles. The molecule has 1 aromatic heterocycles. The minimum Gasteiger partial charge on any atom is -0.506 e. The van der Waals surface area contributed by atoms with Gasteiger partial charge in [0, 0.05) is 5.69 Å². The van der Waals surface area contributed by atoms with Crippen LogP contribution in [0.1, 0.15) is 10.6 Å². The van der Waals surface area contributed by atoms with Crippen molar-refractivity contribution in [2.24, 2.45) is 0 Å². The zero-order valence-electron chi connectivity index (χ0n) is 8.71. The lowest BCUT2D eigenvalue weighted by atomic mass is 10.3. The van der Waals surface area contributed by atoms with Gasteiger partial charge in [0.05, 0.1) is 8.95 Å². The molecule has 94 valence electrons. The molecule has 0 aliphatic heterocycles. The lowest BCUT2D eigenvalue weighted by Crippen LogP contribution is -2.10. The third-order valence-corrected chi connectivity index (χ3v) is 3.71. The number of furan rings is 1. The normalized spacial score (nSPS) is 10.4. The minimum atomic E-state index is -0.370. The van der Waals surface area contributed by atoms with Crippen LogP contribution in [0.5, 0.6) is 5.75 Å². The first-order valence-corrected chi connectivity index (χ1v) is 7.10. The molecule has 0 saturated heterocycles. The number of phenols is 1. The van der Waals surface area contributed by atoms with Crippen molar-refractivity contribution in [3.05, 3.63) is 43.6 Å². The number of nitrogens with one attached hydrogen (secondary N) is 1. The van der Waals surface area contributed by atoms with E-state index in [2.05, 4.69) is 53.1 Å². The van der Waals surface area contributed by atoms with E-state index in [1.165, 1.54) is 0 Å². The van der Waals surface area contributed by atoms with E-state index in [0.29, 0.717) is 19.3 Å². The van der Waals surface area contributed by atoms with Crippen molar-refractivity contribution in [1.29, 1.82) is 0 Å². The van der Waals surface area contributed by atoms with Gasteiger partial charge in [-0.05, 0) is 72.1 Å². The van der Waals surface area contributed by atoms with Crippen molar-refractivity contribution in [2.45, 2.75) is 0 Å². The Bertz CT molecular complexity index is 586. The average molecular weight is 440 g/mol. The summed E-state index contributed by atoms with van der Waals surface area (Å²) in [7, 11) is 0. The molecule has 1 aromatic carbocycles. The van der Waals surface area contributed by atoms with Crippen molar-refractivity contribution in [3.63, 3.8) is 0 Å². The maximum atomic E-state index is 11.8. The second kappa shape index (κ2) is 5.46. The summed E-state index contributed by atoms with van der Waals surface area (Å²) in [6, 6.07) is 6.38. The molecule has 18 heavy (non-hydrogen) atoms.